The van der Waals surface area contributed by atoms with E-state index in [-0.39, 0.29) is 29.8 Å². The van der Waals surface area contributed by atoms with Gasteiger partial charge in [-0.2, -0.15) is 0 Å². The number of carbonyl (C=O) groups is 3. The van der Waals surface area contributed by atoms with Crippen LogP contribution in [0, 0.1) is 17.3 Å². The van der Waals surface area contributed by atoms with Crippen LogP contribution in [0.3, 0.4) is 0 Å². The Labute approximate surface area is 153 Å². The van der Waals surface area contributed by atoms with Gasteiger partial charge in [-0.05, 0) is 50.4 Å². The fourth-order valence-corrected chi connectivity index (χ4v) is 6.01. The van der Waals surface area contributed by atoms with Gasteiger partial charge in [-0.25, -0.2) is 0 Å². The molecule has 4 bridgehead atoms. The molecule has 4 aliphatic rings. The molecule has 0 saturated heterocycles. The Balaban J connectivity index is 1.47. The Morgan fingerprint density at radius 3 is 2.35 bits per heavy atom. The fraction of sp³-hybridized carbons (Fsp3) is 0.571. The summed E-state index contributed by atoms with van der Waals surface area (Å²) in [5.41, 5.74) is -0.248. The van der Waals surface area contributed by atoms with Gasteiger partial charge in [0.2, 0.25) is 5.91 Å². The Hall–Kier alpha value is -2.17. The predicted octanol–water partition coefficient (Wildman–Crippen LogP) is 2.89. The van der Waals surface area contributed by atoms with Crippen molar-refractivity contribution in [1.29, 1.82) is 0 Å². The monoisotopic (exact) mass is 355 g/mol. The van der Waals surface area contributed by atoms with E-state index in [0.717, 1.165) is 32.1 Å². The van der Waals surface area contributed by atoms with E-state index in [1.54, 1.807) is 31.2 Å². The van der Waals surface area contributed by atoms with Gasteiger partial charge in [-0.15, -0.1) is 0 Å². The maximum atomic E-state index is 13.0. The third-order valence-electron chi connectivity index (χ3n) is 6.37. The molecular formula is C21H25NO4. The molecule has 0 radical (unpaired) electrons. The van der Waals surface area contributed by atoms with Crippen LogP contribution in [0.5, 0.6) is 0 Å². The molecule has 1 aromatic rings. The molecule has 26 heavy (non-hydrogen) atoms. The van der Waals surface area contributed by atoms with Crippen molar-refractivity contribution in [2.24, 2.45) is 17.3 Å². The van der Waals surface area contributed by atoms with E-state index in [1.807, 2.05) is 6.07 Å². The first-order valence-electron chi connectivity index (χ1n) is 9.44. The molecule has 1 amide bonds. The number of nitrogens with one attached hydrogen (secondary N) is 1. The third-order valence-corrected chi connectivity index (χ3v) is 6.37. The molecule has 5 nitrogen and oxygen atoms in total. The number of amides is 1. The van der Waals surface area contributed by atoms with E-state index in [2.05, 4.69) is 5.32 Å². The number of esters is 1. The van der Waals surface area contributed by atoms with E-state index in [1.165, 1.54) is 0 Å². The molecule has 2 atom stereocenters. The predicted molar refractivity (Wildman–Crippen MR) is 95.4 cm³/mol. The van der Waals surface area contributed by atoms with Crippen molar-refractivity contribution < 1.29 is 19.1 Å². The Bertz CT molecular complexity index is 728. The van der Waals surface area contributed by atoms with Gasteiger partial charge in [0.15, 0.2) is 12.4 Å². The highest BCUT2D eigenvalue weighted by molar-refractivity contribution is 5.98. The number of carbonyl (C=O) groups excluding carboxylic acids is 3. The fourth-order valence-electron chi connectivity index (χ4n) is 6.01. The first kappa shape index (κ1) is 17.3. The van der Waals surface area contributed by atoms with Crippen LogP contribution in [0.1, 0.15) is 55.8 Å². The second kappa shape index (κ2) is 6.22. The van der Waals surface area contributed by atoms with Crippen LogP contribution >= 0.6 is 0 Å². The lowest BCUT2D eigenvalue weighted by Crippen LogP contribution is -2.64. The van der Waals surface area contributed by atoms with Crippen molar-refractivity contribution in [1.82, 2.24) is 5.32 Å². The lowest BCUT2D eigenvalue weighted by Gasteiger charge is -2.60. The van der Waals surface area contributed by atoms with E-state index >= 15 is 0 Å². The molecule has 4 saturated carbocycles. The van der Waals surface area contributed by atoms with Crippen LogP contribution in [0.15, 0.2) is 30.3 Å². The molecular weight excluding hydrogens is 330 g/mol. The van der Waals surface area contributed by atoms with Crippen molar-refractivity contribution in [2.45, 2.75) is 51.0 Å². The lowest BCUT2D eigenvalue weighted by atomic mass is 9.47. The average Bonchev–Trinajstić information content (AvgIpc) is 2.57. The first-order valence-corrected chi connectivity index (χ1v) is 9.44. The van der Waals surface area contributed by atoms with Gasteiger partial charge in [0.1, 0.15) is 0 Å². The first-order chi connectivity index (χ1) is 12.4. The number of ether oxygens (including phenoxy) is 1. The molecule has 5 rings (SSSR count). The summed E-state index contributed by atoms with van der Waals surface area (Å²) in [7, 11) is 0. The SMILES string of the molecule is CC(=O)NC12CC3CC(C1)CC(C(=O)OCC(=O)c1ccccc1)(C3)C2. The van der Waals surface area contributed by atoms with Gasteiger partial charge in [0, 0.05) is 18.0 Å². The van der Waals surface area contributed by atoms with Gasteiger partial charge in [0.05, 0.1) is 5.41 Å². The number of hydrogen-bond donors (Lipinski definition) is 1. The van der Waals surface area contributed by atoms with E-state index < -0.39 is 5.41 Å². The van der Waals surface area contributed by atoms with Crippen LogP contribution in [-0.4, -0.2) is 29.8 Å². The Kier molecular flexibility index (Phi) is 4.13. The van der Waals surface area contributed by atoms with Gasteiger partial charge >= 0.3 is 5.97 Å². The highest BCUT2D eigenvalue weighted by Crippen LogP contribution is 2.62. The van der Waals surface area contributed by atoms with Gasteiger partial charge in [-0.1, -0.05) is 30.3 Å². The lowest BCUT2D eigenvalue weighted by molar-refractivity contribution is -0.174. The van der Waals surface area contributed by atoms with E-state index in [9.17, 15) is 14.4 Å². The van der Waals surface area contributed by atoms with Crippen LogP contribution in [0.4, 0.5) is 0 Å². The maximum Gasteiger partial charge on any atom is 0.312 e. The van der Waals surface area contributed by atoms with Crippen LogP contribution in [0.2, 0.25) is 0 Å². The van der Waals surface area contributed by atoms with Crippen molar-refractivity contribution in [3.63, 3.8) is 0 Å². The molecule has 0 spiro atoms. The minimum Gasteiger partial charge on any atom is -0.457 e. The quantitative estimate of drug-likeness (QED) is 0.651. The Morgan fingerprint density at radius 2 is 1.73 bits per heavy atom. The summed E-state index contributed by atoms with van der Waals surface area (Å²) in [5.74, 6) is 0.446. The molecule has 4 aliphatic carbocycles. The maximum absolute atomic E-state index is 13.0. The largest absolute Gasteiger partial charge is 0.457 e. The van der Waals surface area contributed by atoms with Crippen molar-refractivity contribution in [2.75, 3.05) is 6.61 Å². The van der Waals surface area contributed by atoms with Crippen molar-refractivity contribution in [3.8, 4) is 0 Å². The smallest absolute Gasteiger partial charge is 0.312 e. The minimum absolute atomic E-state index is 0.0327. The minimum atomic E-state index is -0.538. The van der Waals surface area contributed by atoms with Gasteiger partial charge in [0.25, 0.3) is 0 Å². The number of hydrogen-bond acceptors (Lipinski definition) is 4. The topological polar surface area (TPSA) is 72.5 Å². The molecule has 1 aromatic carbocycles. The molecule has 1 N–H and O–H groups in total. The van der Waals surface area contributed by atoms with Gasteiger partial charge in [-0.3, -0.25) is 14.4 Å². The zero-order valence-electron chi connectivity index (χ0n) is 15.1. The summed E-state index contributed by atoms with van der Waals surface area (Å²) in [6.45, 7) is 1.33. The highest BCUT2D eigenvalue weighted by atomic mass is 16.5. The molecule has 0 heterocycles. The van der Waals surface area contributed by atoms with Crippen LogP contribution in [-0.2, 0) is 14.3 Å². The number of rotatable bonds is 5. The number of Topliss-reactive ketones (excluding diaryl/α,β-unsaturated/α-hetero) is 1. The highest BCUT2D eigenvalue weighted by Gasteiger charge is 2.61. The molecule has 4 fully saturated rings. The summed E-state index contributed by atoms with van der Waals surface area (Å²) >= 11 is 0. The second-order valence-electron chi connectivity index (χ2n) is 8.57. The van der Waals surface area contributed by atoms with Crippen molar-refractivity contribution >= 4 is 17.7 Å². The van der Waals surface area contributed by atoms with Crippen LogP contribution < -0.4 is 5.32 Å². The molecule has 0 aromatic heterocycles. The molecule has 5 heteroatoms. The zero-order chi connectivity index (χ0) is 18.4. The third kappa shape index (κ3) is 3.04. The second-order valence-corrected chi connectivity index (χ2v) is 8.57. The average molecular weight is 355 g/mol. The molecule has 138 valence electrons. The number of ketones is 1. The molecule has 0 aliphatic heterocycles. The standard InChI is InChI=1S/C21H25NO4/c1-14(23)22-21-10-15-7-16(11-21)9-20(8-15,13-21)19(25)26-12-18(24)17-5-3-2-4-6-17/h2-6,15-16H,7-13H2,1H3,(H,22,23). The van der Waals surface area contributed by atoms with Crippen LogP contribution in [0.25, 0.3) is 0 Å². The summed E-state index contributed by atoms with van der Waals surface area (Å²) in [6, 6.07) is 8.90. The summed E-state index contributed by atoms with van der Waals surface area (Å²) < 4.78 is 5.49. The number of benzene rings is 1. The summed E-state index contributed by atoms with van der Waals surface area (Å²) in [4.78, 5) is 36.9. The molecule has 2 unspecified atom stereocenters. The van der Waals surface area contributed by atoms with E-state index in [0.29, 0.717) is 23.8 Å². The summed E-state index contributed by atoms with van der Waals surface area (Å²) in [6.07, 6.45) is 5.35. The summed E-state index contributed by atoms with van der Waals surface area (Å²) in [5, 5.41) is 3.14. The van der Waals surface area contributed by atoms with E-state index in [4.69, 9.17) is 4.74 Å². The van der Waals surface area contributed by atoms with Crippen molar-refractivity contribution in [3.05, 3.63) is 35.9 Å². The zero-order valence-corrected chi connectivity index (χ0v) is 15.1. The Morgan fingerprint density at radius 1 is 1.08 bits per heavy atom. The normalized spacial score (nSPS) is 34.3. The van der Waals surface area contributed by atoms with Gasteiger partial charge < -0.3 is 10.1 Å².